The Balaban J connectivity index is 1.88. The minimum atomic E-state index is 0.00584. The molecule has 0 aromatic carbocycles. The van der Waals surface area contributed by atoms with Crippen molar-refractivity contribution in [1.29, 1.82) is 0 Å². The molecule has 3 aromatic heterocycles. The van der Waals surface area contributed by atoms with Crippen LogP contribution in [0.3, 0.4) is 0 Å². The van der Waals surface area contributed by atoms with Crippen LogP contribution in [0.2, 0.25) is 0 Å². The van der Waals surface area contributed by atoms with Crippen molar-refractivity contribution in [2.75, 3.05) is 0 Å². The third-order valence-electron chi connectivity index (χ3n) is 3.21. The molecule has 0 amide bonds. The van der Waals surface area contributed by atoms with Crippen molar-refractivity contribution in [3.8, 4) is 0 Å². The molecule has 0 bridgehead atoms. The van der Waals surface area contributed by atoms with Gasteiger partial charge in [-0.25, -0.2) is 4.98 Å². The van der Waals surface area contributed by atoms with E-state index in [1.54, 1.807) is 0 Å². The highest BCUT2D eigenvalue weighted by molar-refractivity contribution is 5.40. The smallest absolute Gasteiger partial charge is 0.136 e. The van der Waals surface area contributed by atoms with Crippen LogP contribution >= 0.6 is 0 Å². The molecule has 0 aliphatic carbocycles. The Morgan fingerprint density at radius 3 is 2.94 bits per heavy atom. The molecule has 0 aliphatic heterocycles. The summed E-state index contributed by atoms with van der Waals surface area (Å²) in [6.07, 6.45) is 8.79. The zero-order valence-electron chi connectivity index (χ0n) is 10.3. The molecule has 2 N–H and O–H groups in total. The summed E-state index contributed by atoms with van der Waals surface area (Å²) in [7, 11) is 2.00. The van der Waals surface area contributed by atoms with Crippen molar-refractivity contribution in [2.24, 2.45) is 12.8 Å². The number of aromatic nitrogens is 3. The zero-order valence-corrected chi connectivity index (χ0v) is 10.3. The van der Waals surface area contributed by atoms with Gasteiger partial charge in [0.1, 0.15) is 5.65 Å². The van der Waals surface area contributed by atoms with Gasteiger partial charge >= 0.3 is 0 Å². The predicted octanol–water partition coefficient (Wildman–Crippen LogP) is 1.92. The maximum atomic E-state index is 6.24. The largest absolute Gasteiger partial charge is 0.357 e. The SMILES string of the molecule is Cn1ccc(C(N)Cc2cnc3ccccn23)c1. The summed E-state index contributed by atoms with van der Waals surface area (Å²) in [6, 6.07) is 8.06. The van der Waals surface area contributed by atoms with Gasteiger partial charge in [-0.15, -0.1) is 0 Å². The van der Waals surface area contributed by atoms with Gasteiger partial charge in [-0.05, 0) is 23.8 Å². The highest BCUT2D eigenvalue weighted by atomic mass is 15.0. The molecule has 4 nitrogen and oxygen atoms in total. The third-order valence-corrected chi connectivity index (χ3v) is 3.21. The number of imidazole rings is 1. The summed E-state index contributed by atoms with van der Waals surface area (Å²) in [5.41, 5.74) is 9.50. The van der Waals surface area contributed by atoms with E-state index in [9.17, 15) is 0 Å². The van der Waals surface area contributed by atoms with Crippen molar-refractivity contribution >= 4 is 5.65 Å². The summed E-state index contributed by atoms with van der Waals surface area (Å²) >= 11 is 0. The van der Waals surface area contributed by atoms with E-state index < -0.39 is 0 Å². The van der Waals surface area contributed by atoms with Crippen molar-refractivity contribution in [3.63, 3.8) is 0 Å². The van der Waals surface area contributed by atoms with E-state index in [-0.39, 0.29) is 6.04 Å². The quantitative estimate of drug-likeness (QED) is 0.760. The van der Waals surface area contributed by atoms with Gasteiger partial charge in [0.15, 0.2) is 0 Å². The summed E-state index contributed by atoms with van der Waals surface area (Å²) in [5.74, 6) is 0. The molecule has 1 unspecified atom stereocenters. The molecule has 0 aliphatic rings. The molecule has 0 fully saturated rings. The van der Waals surface area contributed by atoms with Crippen LogP contribution in [0.25, 0.3) is 5.65 Å². The lowest BCUT2D eigenvalue weighted by Crippen LogP contribution is -2.13. The summed E-state index contributed by atoms with van der Waals surface area (Å²) in [5, 5.41) is 0. The number of hydrogen-bond donors (Lipinski definition) is 1. The van der Waals surface area contributed by atoms with Crippen LogP contribution in [0, 0.1) is 0 Å². The summed E-state index contributed by atoms with van der Waals surface area (Å²) < 4.78 is 4.10. The van der Waals surface area contributed by atoms with Gasteiger partial charge in [0.2, 0.25) is 0 Å². The Labute approximate surface area is 106 Å². The first kappa shape index (κ1) is 11.0. The van der Waals surface area contributed by atoms with Crippen LogP contribution in [0.5, 0.6) is 0 Å². The average molecular weight is 240 g/mol. The van der Waals surface area contributed by atoms with Crippen molar-refractivity contribution in [1.82, 2.24) is 14.0 Å². The number of nitrogens with zero attached hydrogens (tertiary/aromatic N) is 3. The van der Waals surface area contributed by atoms with E-state index in [4.69, 9.17) is 5.73 Å². The van der Waals surface area contributed by atoms with Crippen LogP contribution in [0.4, 0.5) is 0 Å². The number of fused-ring (bicyclic) bond motifs is 1. The van der Waals surface area contributed by atoms with Crippen molar-refractivity contribution in [2.45, 2.75) is 12.5 Å². The van der Waals surface area contributed by atoms with Crippen LogP contribution in [-0.4, -0.2) is 14.0 Å². The molecular formula is C14H16N4. The second-order valence-corrected chi connectivity index (χ2v) is 4.60. The minimum Gasteiger partial charge on any atom is -0.357 e. The molecule has 3 aromatic rings. The summed E-state index contributed by atoms with van der Waals surface area (Å²) in [6.45, 7) is 0. The Kier molecular flexibility index (Phi) is 2.64. The second kappa shape index (κ2) is 4.31. The molecule has 1 atom stereocenters. The molecule has 0 spiro atoms. The van der Waals surface area contributed by atoms with E-state index in [0.29, 0.717) is 0 Å². The first-order chi connectivity index (χ1) is 8.74. The molecule has 92 valence electrons. The number of pyridine rings is 1. The highest BCUT2D eigenvalue weighted by Gasteiger charge is 2.11. The predicted molar refractivity (Wildman–Crippen MR) is 71.2 cm³/mol. The molecule has 0 radical (unpaired) electrons. The maximum absolute atomic E-state index is 6.24. The average Bonchev–Trinajstić information content (AvgIpc) is 2.97. The van der Waals surface area contributed by atoms with Gasteiger partial charge in [0, 0.05) is 50.0 Å². The first-order valence-electron chi connectivity index (χ1n) is 6.02. The second-order valence-electron chi connectivity index (χ2n) is 4.60. The normalized spacial score (nSPS) is 13.0. The Morgan fingerprint density at radius 2 is 2.17 bits per heavy atom. The van der Waals surface area contributed by atoms with Crippen LogP contribution in [0.15, 0.2) is 49.1 Å². The maximum Gasteiger partial charge on any atom is 0.136 e. The lowest BCUT2D eigenvalue weighted by Gasteiger charge is -2.09. The topological polar surface area (TPSA) is 48.2 Å². The van der Waals surface area contributed by atoms with Crippen molar-refractivity contribution in [3.05, 3.63) is 60.3 Å². The van der Waals surface area contributed by atoms with Gasteiger partial charge in [-0.3, -0.25) is 0 Å². The number of rotatable bonds is 3. The number of hydrogen-bond acceptors (Lipinski definition) is 2. The van der Waals surface area contributed by atoms with E-state index in [0.717, 1.165) is 23.3 Å². The van der Waals surface area contributed by atoms with E-state index in [1.165, 1.54) is 0 Å². The number of aryl methyl sites for hydroxylation is 1. The fourth-order valence-electron chi connectivity index (χ4n) is 2.22. The fourth-order valence-corrected chi connectivity index (χ4v) is 2.22. The zero-order chi connectivity index (χ0) is 12.5. The monoisotopic (exact) mass is 240 g/mol. The Hall–Kier alpha value is -2.07. The molecular weight excluding hydrogens is 224 g/mol. The van der Waals surface area contributed by atoms with E-state index >= 15 is 0 Å². The highest BCUT2D eigenvalue weighted by Crippen LogP contribution is 2.17. The van der Waals surface area contributed by atoms with Gasteiger partial charge in [-0.1, -0.05) is 6.07 Å². The van der Waals surface area contributed by atoms with E-state index in [2.05, 4.69) is 21.6 Å². The molecule has 4 heteroatoms. The van der Waals surface area contributed by atoms with Crippen LogP contribution < -0.4 is 5.73 Å². The van der Waals surface area contributed by atoms with Gasteiger partial charge in [0.25, 0.3) is 0 Å². The van der Waals surface area contributed by atoms with Gasteiger partial charge < -0.3 is 14.7 Å². The van der Waals surface area contributed by atoms with Crippen LogP contribution in [0.1, 0.15) is 17.3 Å². The molecule has 0 saturated carbocycles. The molecule has 3 rings (SSSR count). The molecule has 0 saturated heterocycles. The first-order valence-corrected chi connectivity index (χ1v) is 6.02. The lowest BCUT2D eigenvalue weighted by atomic mass is 10.1. The standard InChI is InChI=1S/C14H16N4/c1-17-7-5-11(10-17)13(15)8-12-9-16-14-4-2-3-6-18(12)14/h2-7,9-10,13H,8,15H2,1H3. The molecule has 3 heterocycles. The lowest BCUT2D eigenvalue weighted by molar-refractivity contribution is 0.699. The number of nitrogens with two attached hydrogens (primary N) is 1. The van der Waals surface area contributed by atoms with Crippen molar-refractivity contribution < 1.29 is 0 Å². The summed E-state index contributed by atoms with van der Waals surface area (Å²) in [4.78, 5) is 4.37. The van der Waals surface area contributed by atoms with E-state index in [1.807, 2.05) is 48.4 Å². The Bertz CT molecular complexity index is 665. The van der Waals surface area contributed by atoms with Crippen LogP contribution in [-0.2, 0) is 13.5 Å². The van der Waals surface area contributed by atoms with Gasteiger partial charge in [0.05, 0.1) is 0 Å². The van der Waals surface area contributed by atoms with Gasteiger partial charge in [-0.2, -0.15) is 0 Å². The molecule has 18 heavy (non-hydrogen) atoms. The Morgan fingerprint density at radius 1 is 1.28 bits per heavy atom. The fraction of sp³-hybridized carbons (Fsp3) is 0.214. The minimum absolute atomic E-state index is 0.00584. The third kappa shape index (κ3) is 1.91.